The number of hydrogen-bond acceptors (Lipinski definition) is 6. The molecule has 1 N–H and O–H groups in total. The topological polar surface area (TPSA) is 78.9 Å². The van der Waals surface area contributed by atoms with Crippen LogP contribution in [0.4, 0.5) is 10.5 Å². The van der Waals surface area contributed by atoms with Gasteiger partial charge in [-0.15, -0.1) is 0 Å². The van der Waals surface area contributed by atoms with E-state index in [-0.39, 0.29) is 0 Å². The number of aryl methyl sites for hydroxylation is 2. The number of benzene rings is 2. The van der Waals surface area contributed by atoms with Crippen LogP contribution in [0.5, 0.6) is 23.0 Å². The predicted octanol–water partition coefficient (Wildman–Crippen LogP) is 6.40. The average molecular weight is 451 g/mol. The molecule has 1 aliphatic rings. The second-order valence-electron chi connectivity index (χ2n) is 8.44. The third kappa shape index (κ3) is 5.13. The first kappa shape index (κ1) is 22.7. The summed E-state index contributed by atoms with van der Waals surface area (Å²) in [6, 6.07) is 9.30. The minimum atomic E-state index is -0.417. The lowest BCUT2D eigenvalue weighted by Gasteiger charge is -2.16. The van der Waals surface area contributed by atoms with Crippen molar-refractivity contribution in [2.75, 3.05) is 26.1 Å². The molecule has 2 aromatic carbocycles. The molecular formula is C26H30N2O5. The van der Waals surface area contributed by atoms with Crippen molar-refractivity contribution in [3.8, 4) is 23.0 Å². The van der Waals surface area contributed by atoms with Crippen molar-refractivity contribution < 1.29 is 23.7 Å². The minimum Gasteiger partial charge on any atom is -0.493 e. The maximum Gasteiger partial charge on any atom is 0.411 e. The molecule has 0 aliphatic heterocycles. The zero-order chi connectivity index (χ0) is 23.4. The molecule has 3 aromatic rings. The lowest BCUT2D eigenvalue weighted by molar-refractivity contribution is 0.142. The number of rotatable bonds is 7. The number of nitrogens with zero attached hydrogens (tertiary/aromatic N) is 1. The number of amides is 1. The van der Waals surface area contributed by atoms with Crippen molar-refractivity contribution in [3.05, 3.63) is 47.7 Å². The fourth-order valence-electron chi connectivity index (χ4n) is 4.21. The van der Waals surface area contributed by atoms with Crippen LogP contribution in [0.2, 0.25) is 0 Å². The van der Waals surface area contributed by atoms with Gasteiger partial charge >= 0.3 is 6.09 Å². The van der Waals surface area contributed by atoms with Crippen molar-refractivity contribution in [2.45, 2.75) is 39.5 Å². The van der Waals surface area contributed by atoms with Crippen molar-refractivity contribution >= 4 is 22.7 Å². The Bertz CT molecular complexity index is 1160. The van der Waals surface area contributed by atoms with Crippen LogP contribution >= 0.6 is 0 Å². The molecule has 1 aromatic heterocycles. The highest BCUT2D eigenvalue weighted by molar-refractivity contribution is 5.89. The molecule has 4 rings (SSSR count). The number of carbonyl (C=O) groups excluding carboxylic acids is 1. The molecular weight excluding hydrogens is 420 g/mol. The average Bonchev–Trinajstić information content (AvgIpc) is 3.34. The monoisotopic (exact) mass is 450 g/mol. The Morgan fingerprint density at radius 2 is 1.70 bits per heavy atom. The quantitative estimate of drug-likeness (QED) is 0.449. The molecule has 0 bridgehead atoms. The summed E-state index contributed by atoms with van der Waals surface area (Å²) in [4.78, 5) is 16.7. The molecule has 0 radical (unpaired) electrons. The minimum absolute atomic E-state index is 0.417. The fourth-order valence-corrected chi connectivity index (χ4v) is 4.21. The van der Waals surface area contributed by atoms with Gasteiger partial charge in [-0.1, -0.05) is 12.8 Å². The lowest BCUT2D eigenvalue weighted by atomic mass is 10.1. The molecule has 0 atom stereocenters. The number of methoxy groups -OCH3 is 2. The van der Waals surface area contributed by atoms with Gasteiger partial charge in [0.2, 0.25) is 0 Å². The van der Waals surface area contributed by atoms with E-state index in [4.69, 9.17) is 18.9 Å². The molecule has 1 amide bonds. The van der Waals surface area contributed by atoms with Crippen molar-refractivity contribution in [1.82, 2.24) is 4.98 Å². The first-order valence-electron chi connectivity index (χ1n) is 11.2. The summed E-state index contributed by atoms with van der Waals surface area (Å²) in [6.07, 6.45) is 6.01. The van der Waals surface area contributed by atoms with Gasteiger partial charge in [0.15, 0.2) is 11.5 Å². The fraction of sp³-hybridized carbons (Fsp3) is 0.385. The summed E-state index contributed by atoms with van der Waals surface area (Å²) in [5.74, 6) is 3.05. The Morgan fingerprint density at radius 1 is 0.970 bits per heavy atom. The van der Waals surface area contributed by atoms with Crippen molar-refractivity contribution in [3.63, 3.8) is 0 Å². The summed E-state index contributed by atoms with van der Waals surface area (Å²) in [5.41, 5.74) is 3.22. The molecule has 1 saturated carbocycles. The van der Waals surface area contributed by atoms with Crippen LogP contribution in [-0.4, -0.2) is 31.9 Å². The Kier molecular flexibility index (Phi) is 6.87. The second-order valence-corrected chi connectivity index (χ2v) is 8.44. The van der Waals surface area contributed by atoms with Crippen LogP contribution in [0.15, 0.2) is 36.5 Å². The summed E-state index contributed by atoms with van der Waals surface area (Å²) in [6.45, 7) is 4.35. The molecule has 0 saturated heterocycles. The SMILES string of the molecule is COc1cc2nccc(Oc3cc(C)c(NC(=O)OCC4CCCC4)cc3C)c2cc1OC. The van der Waals surface area contributed by atoms with Gasteiger partial charge < -0.3 is 18.9 Å². The Labute approximate surface area is 194 Å². The lowest BCUT2D eigenvalue weighted by Crippen LogP contribution is -2.18. The number of carbonyl (C=O) groups is 1. The van der Waals surface area contributed by atoms with E-state index in [2.05, 4.69) is 10.3 Å². The Balaban J connectivity index is 1.52. The first-order valence-corrected chi connectivity index (χ1v) is 11.2. The van der Waals surface area contributed by atoms with Gasteiger partial charge in [-0.25, -0.2) is 4.79 Å². The van der Waals surface area contributed by atoms with Gasteiger partial charge in [0.1, 0.15) is 11.5 Å². The van der Waals surface area contributed by atoms with Gasteiger partial charge in [-0.3, -0.25) is 10.3 Å². The number of fused-ring (bicyclic) bond motifs is 1. The zero-order valence-electron chi connectivity index (χ0n) is 19.6. The standard InChI is InChI=1S/C26H30N2O5/c1-16-12-23(17(2)11-20(16)28-26(29)32-15-18-7-5-6-8-18)33-22-9-10-27-21-14-25(31-4)24(30-3)13-19(21)22/h9-14,18H,5-8,15H2,1-4H3,(H,28,29). The molecule has 174 valence electrons. The van der Waals surface area contributed by atoms with Crippen LogP contribution in [0, 0.1) is 19.8 Å². The summed E-state index contributed by atoms with van der Waals surface area (Å²) in [7, 11) is 3.19. The first-order chi connectivity index (χ1) is 16.0. The normalized spacial score (nSPS) is 13.7. The molecule has 1 heterocycles. The molecule has 1 aliphatic carbocycles. The van der Waals surface area contributed by atoms with Crippen LogP contribution in [0.3, 0.4) is 0 Å². The Morgan fingerprint density at radius 3 is 2.42 bits per heavy atom. The number of ether oxygens (including phenoxy) is 4. The van der Waals surface area contributed by atoms with Gasteiger partial charge in [0, 0.05) is 23.3 Å². The highest BCUT2D eigenvalue weighted by Crippen LogP contribution is 2.38. The number of aromatic nitrogens is 1. The van der Waals surface area contributed by atoms with E-state index >= 15 is 0 Å². The Hall–Kier alpha value is -3.48. The molecule has 7 heteroatoms. The number of hydrogen-bond donors (Lipinski definition) is 1. The predicted molar refractivity (Wildman–Crippen MR) is 128 cm³/mol. The highest BCUT2D eigenvalue weighted by atomic mass is 16.5. The van der Waals surface area contributed by atoms with E-state index < -0.39 is 6.09 Å². The van der Waals surface area contributed by atoms with Gasteiger partial charge in [-0.2, -0.15) is 0 Å². The van der Waals surface area contributed by atoms with Crippen molar-refractivity contribution in [2.24, 2.45) is 5.92 Å². The van der Waals surface area contributed by atoms with E-state index in [0.717, 1.165) is 34.9 Å². The summed E-state index contributed by atoms with van der Waals surface area (Å²) >= 11 is 0. The van der Waals surface area contributed by atoms with E-state index in [1.807, 2.05) is 44.2 Å². The van der Waals surface area contributed by atoms with Crippen LogP contribution in [-0.2, 0) is 4.74 Å². The molecule has 7 nitrogen and oxygen atoms in total. The maximum atomic E-state index is 12.3. The highest BCUT2D eigenvalue weighted by Gasteiger charge is 2.18. The van der Waals surface area contributed by atoms with Gasteiger partial charge in [0.25, 0.3) is 0 Å². The van der Waals surface area contributed by atoms with E-state index in [9.17, 15) is 4.79 Å². The molecule has 33 heavy (non-hydrogen) atoms. The van der Waals surface area contributed by atoms with Gasteiger partial charge in [0.05, 0.1) is 26.3 Å². The van der Waals surface area contributed by atoms with E-state index in [1.54, 1.807) is 20.4 Å². The number of pyridine rings is 1. The summed E-state index contributed by atoms with van der Waals surface area (Å²) < 4.78 is 22.5. The van der Waals surface area contributed by atoms with Gasteiger partial charge in [-0.05, 0) is 68.0 Å². The largest absolute Gasteiger partial charge is 0.493 e. The smallest absolute Gasteiger partial charge is 0.411 e. The van der Waals surface area contributed by atoms with Crippen molar-refractivity contribution in [1.29, 1.82) is 0 Å². The third-order valence-corrected chi connectivity index (χ3v) is 6.11. The van der Waals surface area contributed by atoms with Crippen LogP contribution in [0.25, 0.3) is 10.9 Å². The number of anilines is 1. The second kappa shape index (κ2) is 9.98. The zero-order valence-corrected chi connectivity index (χ0v) is 19.6. The van der Waals surface area contributed by atoms with Crippen LogP contribution in [0.1, 0.15) is 36.8 Å². The number of nitrogens with one attached hydrogen (secondary N) is 1. The van der Waals surface area contributed by atoms with Crippen LogP contribution < -0.4 is 19.5 Å². The molecule has 0 spiro atoms. The molecule has 1 fully saturated rings. The van der Waals surface area contributed by atoms with E-state index in [0.29, 0.717) is 41.2 Å². The summed E-state index contributed by atoms with van der Waals surface area (Å²) in [5, 5.41) is 3.68. The van der Waals surface area contributed by atoms with E-state index in [1.165, 1.54) is 12.8 Å². The third-order valence-electron chi connectivity index (χ3n) is 6.11. The maximum absolute atomic E-state index is 12.3. The molecule has 0 unspecified atom stereocenters.